The molecule has 2 aliphatic rings. The van der Waals surface area contributed by atoms with E-state index < -0.39 is 0 Å². The van der Waals surface area contributed by atoms with Gasteiger partial charge >= 0.3 is 0 Å². The molecule has 0 radical (unpaired) electrons. The fourth-order valence-corrected chi connectivity index (χ4v) is 4.57. The van der Waals surface area contributed by atoms with Crippen LogP contribution in [-0.2, 0) is 6.42 Å². The summed E-state index contributed by atoms with van der Waals surface area (Å²) in [7, 11) is 0. The predicted octanol–water partition coefficient (Wildman–Crippen LogP) is 2.82. The molecule has 4 heteroatoms. The van der Waals surface area contributed by atoms with Crippen molar-refractivity contribution in [3.05, 3.63) is 12.2 Å². The normalized spacial score (nSPS) is 32.4. The largest absolute Gasteiger partial charge is 0.316 e. The number of rotatable bonds is 6. The van der Waals surface area contributed by atoms with Crippen molar-refractivity contribution in [3.8, 4) is 0 Å². The summed E-state index contributed by atoms with van der Waals surface area (Å²) < 4.78 is 2.11. The van der Waals surface area contributed by atoms with Gasteiger partial charge in [-0.05, 0) is 56.9 Å². The van der Waals surface area contributed by atoms with Gasteiger partial charge in [-0.25, -0.2) is 9.67 Å². The van der Waals surface area contributed by atoms with E-state index in [0.717, 1.165) is 31.3 Å². The third-order valence-corrected chi connectivity index (χ3v) is 5.48. The maximum atomic E-state index is 4.56. The summed E-state index contributed by atoms with van der Waals surface area (Å²) in [5, 5.41) is 8.04. The summed E-state index contributed by atoms with van der Waals surface area (Å²) in [5.74, 6) is 3.04. The minimum atomic E-state index is 0.405. The number of hydrogen-bond acceptors (Lipinski definition) is 3. The molecule has 1 heterocycles. The molecular weight excluding hydrogens is 248 g/mol. The van der Waals surface area contributed by atoms with Gasteiger partial charge in [0.05, 0.1) is 0 Å². The first-order valence-electron chi connectivity index (χ1n) is 8.23. The van der Waals surface area contributed by atoms with E-state index in [1.165, 1.54) is 31.5 Å². The van der Waals surface area contributed by atoms with Crippen LogP contribution in [-0.4, -0.2) is 27.9 Å². The lowest BCUT2D eigenvalue weighted by Gasteiger charge is -2.38. The van der Waals surface area contributed by atoms with Crippen molar-refractivity contribution in [1.29, 1.82) is 0 Å². The molecule has 0 amide bonds. The van der Waals surface area contributed by atoms with Crippen LogP contribution in [0.1, 0.15) is 58.3 Å². The first-order valence-corrected chi connectivity index (χ1v) is 8.23. The molecule has 3 atom stereocenters. The van der Waals surface area contributed by atoms with E-state index >= 15 is 0 Å². The molecule has 2 saturated carbocycles. The zero-order valence-corrected chi connectivity index (χ0v) is 13.1. The molecule has 112 valence electrons. The van der Waals surface area contributed by atoms with Crippen molar-refractivity contribution < 1.29 is 0 Å². The lowest BCUT2D eigenvalue weighted by Crippen LogP contribution is -2.41. The lowest BCUT2D eigenvalue weighted by atomic mass is 9.70. The molecule has 0 aromatic carbocycles. The van der Waals surface area contributed by atoms with Gasteiger partial charge in [0.2, 0.25) is 0 Å². The summed E-state index contributed by atoms with van der Waals surface area (Å²) in [4.78, 5) is 4.56. The monoisotopic (exact) mass is 276 g/mol. The first-order chi connectivity index (χ1) is 9.64. The van der Waals surface area contributed by atoms with Crippen molar-refractivity contribution in [2.45, 2.75) is 58.9 Å². The van der Waals surface area contributed by atoms with Crippen molar-refractivity contribution in [2.24, 2.45) is 17.3 Å². The first kappa shape index (κ1) is 14.1. The van der Waals surface area contributed by atoms with Crippen LogP contribution in [0.5, 0.6) is 0 Å². The smallest absolute Gasteiger partial charge is 0.138 e. The SMILES string of the molecule is CCNCC1(Cc2ncnn2C(C)C)CC2CCC1C2. The molecule has 4 nitrogen and oxygen atoms in total. The van der Waals surface area contributed by atoms with Gasteiger partial charge in [0.15, 0.2) is 0 Å². The average molecular weight is 276 g/mol. The van der Waals surface area contributed by atoms with Crippen LogP contribution >= 0.6 is 0 Å². The molecule has 3 rings (SSSR count). The van der Waals surface area contributed by atoms with E-state index in [1.807, 2.05) is 0 Å². The molecule has 2 fully saturated rings. The zero-order chi connectivity index (χ0) is 14.2. The summed E-state index contributed by atoms with van der Waals surface area (Å²) >= 11 is 0. The Hall–Kier alpha value is -0.900. The standard InChI is InChI=1S/C16H28N4/c1-4-17-10-16(8-13-5-6-14(16)7-13)9-15-18-11-19-20(15)12(2)3/h11-14,17H,4-10H2,1-3H3. The van der Waals surface area contributed by atoms with E-state index in [1.54, 1.807) is 6.33 Å². The quantitative estimate of drug-likeness (QED) is 0.869. The maximum Gasteiger partial charge on any atom is 0.138 e. The van der Waals surface area contributed by atoms with Crippen LogP contribution < -0.4 is 5.32 Å². The van der Waals surface area contributed by atoms with Crippen LogP contribution in [0.4, 0.5) is 0 Å². The Morgan fingerprint density at radius 1 is 1.45 bits per heavy atom. The van der Waals surface area contributed by atoms with Gasteiger partial charge in [0.25, 0.3) is 0 Å². The molecule has 0 saturated heterocycles. The summed E-state index contributed by atoms with van der Waals surface area (Å²) in [6.45, 7) is 8.80. The molecule has 0 spiro atoms. The molecular formula is C16H28N4. The van der Waals surface area contributed by atoms with Crippen LogP contribution in [0, 0.1) is 17.3 Å². The maximum absolute atomic E-state index is 4.56. The van der Waals surface area contributed by atoms with Crippen molar-refractivity contribution in [2.75, 3.05) is 13.1 Å². The van der Waals surface area contributed by atoms with Gasteiger partial charge in [0, 0.05) is 19.0 Å². The molecule has 2 bridgehead atoms. The second-order valence-corrected chi connectivity index (χ2v) is 7.11. The molecule has 1 N–H and O–H groups in total. The minimum absolute atomic E-state index is 0.405. The lowest BCUT2D eigenvalue weighted by molar-refractivity contribution is 0.151. The molecule has 20 heavy (non-hydrogen) atoms. The second kappa shape index (κ2) is 5.47. The van der Waals surface area contributed by atoms with Gasteiger partial charge in [0.1, 0.15) is 12.2 Å². The molecule has 1 aromatic rings. The Bertz CT molecular complexity index is 453. The van der Waals surface area contributed by atoms with Crippen molar-refractivity contribution in [3.63, 3.8) is 0 Å². The third-order valence-electron chi connectivity index (χ3n) is 5.48. The zero-order valence-electron chi connectivity index (χ0n) is 13.1. The minimum Gasteiger partial charge on any atom is -0.316 e. The fraction of sp³-hybridized carbons (Fsp3) is 0.875. The van der Waals surface area contributed by atoms with Gasteiger partial charge in [-0.3, -0.25) is 0 Å². The predicted molar refractivity (Wildman–Crippen MR) is 80.5 cm³/mol. The van der Waals surface area contributed by atoms with Crippen LogP contribution in [0.15, 0.2) is 6.33 Å². The van der Waals surface area contributed by atoms with Crippen LogP contribution in [0.2, 0.25) is 0 Å². The Morgan fingerprint density at radius 2 is 2.30 bits per heavy atom. The van der Waals surface area contributed by atoms with Crippen LogP contribution in [0.3, 0.4) is 0 Å². The second-order valence-electron chi connectivity index (χ2n) is 7.11. The number of nitrogens with one attached hydrogen (secondary N) is 1. The highest BCUT2D eigenvalue weighted by molar-refractivity contribution is 5.06. The van der Waals surface area contributed by atoms with E-state index in [9.17, 15) is 0 Å². The van der Waals surface area contributed by atoms with Gasteiger partial charge in [-0.1, -0.05) is 13.3 Å². The van der Waals surface area contributed by atoms with E-state index in [4.69, 9.17) is 0 Å². The van der Waals surface area contributed by atoms with Gasteiger partial charge < -0.3 is 5.32 Å². The summed E-state index contributed by atoms with van der Waals surface area (Å²) in [5.41, 5.74) is 0.429. The highest BCUT2D eigenvalue weighted by Gasteiger charge is 2.50. The van der Waals surface area contributed by atoms with Crippen molar-refractivity contribution in [1.82, 2.24) is 20.1 Å². The number of aromatic nitrogens is 3. The number of hydrogen-bond donors (Lipinski definition) is 1. The van der Waals surface area contributed by atoms with E-state index in [0.29, 0.717) is 11.5 Å². The number of fused-ring (bicyclic) bond motifs is 2. The highest BCUT2D eigenvalue weighted by atomic mass is 15.3. The molecule has 2 aliphatic carbocycles. The van der Waals surface area contributed by atoms with Gasteiger partial charge in [-0.15, -0.1) is 0 Å². The molecule has 3 unspecified atom stereocenters. The van der Waals surface area contributed by atoms with Crippen molar-refractivity contribution >= 4 is 0 Å². The van der Waals surface area contributed by atoms with Crippen LogP contribution in [0.25, 0.3) is 0 Å². The fourth-order valence-electron chi connectivity index (χ4n) is 4.57. The summed E-state index contributed by atoms with van der Waals surface area (Å²) in [6.07, 6.45) is 8.53. The Kier molecular flexibility index (Phi) is 3.85. The Labute approximate surface area is 122 Å². The molecule has 1 aromatic heterocycles. The summed E-state index contributed by atoms with van der Waals surface area (Å²) in [6, 6.07) is 0.405. The topological polar surface area (TPSA) is 42.7 Å². The van der Waals surface area contributed by atoms with Gasteiger partial charge in [-0.2, -0.15) is 5.10 Å². The van der Waals surface area contributed by atoms with E-state index in [2.05, 4.69) is 40.9 Å². The third kappa shape index (κ3) is 2.39. The van der Waals surface area contributed by atoms with E-state index in [-0.39, 0.29) is 0 Å². The Balaban J connectivity index is 1.82. The average Bonchev–Trinajstić information content (AvgIpc) is 3.11. The molecule has 0 aliphatic heterocycles. The Morgan fingerprint density at radius 3 is 2.90 bits per heavy atom. The number of nitrogens with zero attached hydrogens (tertiary/aromatic N) is 3. The highest BCUT2D eigenvalue weighted by Crippen LogP contribution is 2.56.